The predicted octanol–water partition coefficient (Wildman–Crippen LogP) is -0.277. The molecule has 64 valence electrons. The molecule has 0 radical (unpaired) electrons. The van der Waals surface area contributed by atoms with Crippen LogP contribution >= 0.6 is 0 Å². The Morgan fingerprint density at radius 1 is 2.00 bits per heavy atom. The average Bonchev–Trinajstić information content (AvgIpc) is 2.86. The third kappa shape index (κ3) is 7.02. The van der Waals surface area contributed by atoms with E-state index in [1.165, 1.54) is 7.11 Å². The third-order valence-electron chi connectivity index (χ3n) is 0.974. The van der Waals surface area contributed by atoms with Crippen LogP contribution in [0, 0.1) is 0 Å². The lowest BCUT2D eigenvalue weighted by Gasteiger charge is -1.83. The SMILES string of the molecule is C=CC(=O)OC.OCC1CO1. The van der Waals surface area contributed by atoms with Gasteiger partial charge in [-0.2, -0.15) is 0 Å². The number of epoxide rings is 1. The number of carbonyl (C=O) groups is 1. The normalized spacial score (nSPS) is 19.3. The second kappa shape index (κ2) is 5.88. The summed E-state index contributed by atoms with van der Waals surface area (Å²) >= 11 is 0. The van der Waals surface area contributed by atoms with Crippen molar-refractivity contribution in [2.45, 2.75) is 6.10 Å². The van der Waals surface area contributed by atoms with Gasteiger partial charge in [0.05, 0.1) is 20.3 Å². The number of hydrogen-bond acceptors (Lipinski definition) is 4. The molecule has 1 saturated heterocycles. The fraction of sp³-hybridized carbons (Fsp3) is 0.571. The number of hydrogen-bond donors (Lipinski definition) is 1. The number of methoxy groups -OCH3 is 1. The monoisotopic (exact) mass is 160 g/mol. The molecule has 4 nitrogen and oxygen atoms in total. The van der Waals surface area contributed by atoms with Crippen molar-refractivity contribution >= 4 is 5.97 Å². The maximum absolute atomic E-state index is 9.84. The first kappa shape index (κ1) is 10.1. The molecule has 1 rings (SSSR count). The van der Waals surface area contributed by atoms with Gasteiger partial charge in [-0.15, -0.1) is 0 Å². The van der Waals surface area contributed by atoms with Crippen molar-refractivity contribution in [2.24, 2.45) is 0 Å². The number of aliphatic hydroxyl groups is 1. The van der Waals surface area contributed by atoms with Crippen LogP contribution in [0.15, 0.2) is 12.7 Å². The summed E-state index contributed by atoms with van der Waals surface area (Å²) < 4.78 is 8.75. The van der Waals surface area contributed by atoms with Gasteiger partial charge in [-0.3, -0.25) is 0 Å². The molecule has 0 aromatic heterocycles. The van der Waals surface area contributed by atoms with E-state index in [4.69, 9.17) is 5.11 Å². The van der Waals surface area contributed by atoms with Gasteiger partial charge in [0.1, 0.15) is 6.10 Å². The van der Waals surface area contributed by atoms with E-state index >= 15 is 0 Å². The Morgan fingerprint density at radius 2 is 2.55 bits per heavy atom. The van der Waals surface area contributed by atoms with Gasteiger partial charge in [0.25, 0.3) is 0 Å². The van der Waals surface area contributed by atoms with Crippen molar-refractivity contribution < 1.29 is 19.4 Å². The second-order valence-corrected chi connectivity index (χ2v) is 1.87. The van der Waals surface area contributed by atoms with E-state index in [1.807, 2.05) is 0 Å². The Labute approximate surface area is 65.4 Å². The first-order valence-corrected chi connectivity index (χ1v) is 3.17. The molecule has 0 bridgehead atoms. The van der Waals surface area contributed by atoms with E-state index in [0.717, 1.165) is 12.7 Å². The van der Waals surface area contributed by atoms with Crippen LogP contribution in [0.4, 0.5) is 0 Å². The van der Waals surface area contributed by atoms with Crippen molar-refractivity contribution in [3.63, 3.8) is 0 Å². The van der Waals surface area contributed by atoms with Crippen LogP contribution in [0.25, 0.3) is 0 Å². The van der Waals surface area contributed by atoms with Crippen molar-refractivity contribution in [1.29, 1.82) is 0 Å². The molecule has 1 fully saturated rings. The topological polar surface area (TPSA) is 59.1 Å². The zero-order valence-electron chi connectivity index (χ0n) is 6.45. The summed E-state index contributed by atoms with van der Waals surface area (Å²) in [6, 6.07) is 0. The molecular formula is C7H12O4. The Hall–Kier alpha value is -0.870. The van der Waals surface area contributed by atoms with Crippen molar-refractivity contribution in [3.8, 4) is 0 Å². The lowest BCUT2D eigenvalue weighted by atomic mass is 10.5. The highest BCUT2D eigenvalue weighted by molar-refractivity contribution is 5.80. The van der Waals surface area contributed by atoms with E-state index in [9.17, 15) is 4.79 Å². The van der Waals surface area contributed by atoms with Gasteiger partial charge < -0.3 is 14.6 Å². The van der Waals surface area contributed by atoms with Crippen molar-refractivity contribution in [2.75, 3.05) is 20.3 Å². The molecule has 1 N–H and O–H groups in total. The third-order valence-corrected chi connectivity index (χ3v) is 0.974. The van der Waals surface area contributed by atoms with E-state index < -0.39 is 5.97 Å². The second-order valence-electron chi connectivity index (χ2n) is 1.87. The van der Waals surface area contributed by atoms with Crippen LogP contribution in [0.3, 0.4) is 0 Å². The summed E-state index contributed by atoms with van der Waals surface area (Å²) in [5.41, 5.74) is 0. The van der Waals surface area contributed by atoms with Crippen LogP contribution in [-0.4, -0.2) is 37.5 Å². The quantitative estimate of drug-likeness (QED) is 0.343. The number of ether oxygens (including phenoxy) is 2. The van der Waals surface area contributed by atoms with Crippen LogP contribution in [0.5, 0.6) is 0 Å². The first-order chi connectivity index (χ1) is 5.24. The lowest BCUT2D eigenvalue weighted by Crippen LogP contribution is -1.91. The van der Waals surface area contributed by atoms with Crippen LogP contribution in [0.1, 0.15) is 0 Å². The number of carbonyl (C=O) groups excluding carboxylic acids is 1. The van der Waals surface area contributed by atoms with Crippen LogP contribution in [-0.2, 0) is 14.3 Å². The molecule has 1 aliphatic heterocycles. The minimum Gasteiger partial charge on any atom is -0.466 e. The van der Waals surface area contributed by atoms with Gasteiger partial charge in [-0.25, -0.2) is 4.79 Å². The highest BCUT2D eigenvalue weighted by atomic mass is 16.6. The highest BCUT2D eigenvalue weighted by Crippen LogP contribution is 2.04. The molecule has 0 aliphatic carbocycles. The summed E-state index contributed by atoms with van der Waals surface area (Å²) in [5, 5.41) is 8.08. The molecule has 0 spiro atoms. The summed E-state index contributed by atoms with van der Waals surface area (Å²) in [5.74, 6) is -0.394. The van der Waals surface area contributed by atoms with Crippen molar-refractivity contribution in [3.05, 3.63) is 12.7 Å². The first-order valence-electron chi connectivity index (χ1n) is 3.17. The number of esters is 1. The standard InChI is InChI=1S/C4H6O2.C3H6O2/c1-3-4(5)6-2;4-1-3-2-5-3/h3H,1H2,2H3;3-4H,1-2H2. The minimum atomic E-state index is -0.394. The van der Waals surface area contributed by atoms with Gasteiger partial charge in [0, 0.05) is 6.08 Å². The van der Waals surface area contributed by atoms with Gasteiger partial charge >= 0.3 is 5.97 Å². The van der Waals surface area contributed by atoms with Crippen molar-refractivity contribution in [1.82, 2.24) is 0 Å². The Balaban J connectivity index is 0.000000183. The zero-order chi connectivity index (χ0) is 8.69. The Bertz CT molecular complexity index is 128. The number of aliphatic hydroxyl groups excluding tert-OH is 1. The van der Waals surface area contributed by atoms with Gasteiger partial charge in [-0.05, 0) is 0 Å². The fourth-order valence-corrected chi connectivity index (χ4v) is 0.257. The smallest absolute Gasteiger partial charge is 0.329 e. The Morgan fingerprint density at radius 3 is 2.55 bits per heavy atom. The molecule has 0 aromatic rings. The molecule has 0 amide bonds. The van der Waals surface area contributed by atoms with E-state index in [-0.39, 0.29) is 12.7 Å². The fourth-order valence-electron chi connectivity index (χ4n) is 0.257. The summed E-state index contributed by atoms with van der Waals surface area (Å²) in [6.45, 7) is 4.11. The van der Waals surface area contributed by atoms with Gasteiger partial charge in [0.15, 0.2) is 0 Å². The lowest BCUT2D eigenvalue weighted by molar-refractivity contribution is -0.134. The van der Waals surface area contributed by atoms with E-state index in [2.05, 4.69) is 16.1 Å². The summed E-state index contributed by atoms with van der Waals surface area (Å²) in [6.07, 6.45) is 1.30. The summed E-state index contributed by atoms with van der Waals surface area (Å²) in [4.78, 5) is 9.84. The molecule has 1 aliphatic rings. The minimum absolute atomic E-state index is 0.190. The highest BCUT2D eigenvalue weighted by Gasteiger charge is 2.19. The molecule has 0 saturated carbocycles. The summed E-state index contributed by atoms with van der Waals surface area (Å²) in [7, 11) is 1.31. The maximum atomic E-state index is 9.84. The zero-order valence-corrected chi connectivity index (χ0v) is 6.45. The molecule has 11 heavy (non-hydrogen) atoms. The predicted molar refractivity (Wildman–Crippen MR) is 39.0 cm³/mol. The average molecular weight is 160 g/mol. The molecule has 0 aromatic carbocycles. The van der Waals surface area contributed by atoms with E-state index in [1.54, 1.807) is 0 Å². The molecule has 1 atom stereocenters. The maximum Gasteiger partial charge on any atom is 0.329 e. The molecule has 1 unspecified atom stereocenters. The number of rotatable bonds is 2. The molecule has 1 heterocycles. The van der Waals surface area contributed by atoms with Gasteiger partial charge in [0.2, 0.25) is 0 Å². The molecule has 4 heteroatoms. The largest absolute Gasteiger partial charge is 0.466 e. The van der Waals surface area contributed by atoms with Crippen LogP contribution in [0.2, 0.25) is 0 Å². The van der Waals surface area contributed by atoms with E-state index in [0.29, 0.717) is 0 Å². The Kier molecular flexibility index (Phi) is 5.42. The molecular weight excluding hydrogens is 148 g/mol. The van der Waals surface area contributed by atoms with Gasteiger partial charge in [-0.1, -0.05) is 6.58 Å². The van der Waals surface area contributed by atoms with Crippen LogP contribution < -0.4 is 0 Å².